The Morgan fingerprint density at radius 1 is 1.47 bits per heavy atom. The van der Waals surface area contributed by atoms with Gasteiger partial charge in [0.25, 0.3) is 0 Å². The molecule has 0 saturated carbocycles. The Bertz CT molecular complexity index is 566. The molecule has 0 radical (unpaired) electrons. The van der Waals surface area contributed by atoms with Crippen LogP contribution in [0.4, 0.5) is 11.5 Å². The van der Waals surface area contributed by atoms with Crippen LogP contribution in [0.25, 0.3) is 0 Å². The fourth-order valence-corrected chi connectivity index (χ4v) is 3.04. The van der Waals surface area contributed by atoms with E-state index in [1.807, 2.05) is 4.57 Å². The molecule has 102 valence electrons. The Kier molecular flexibility index (Phi) is 3.24. The number of pyridine rings is 1. The highest BCUT2D eigenvalue weighted by atomic mass is 32.1. The molecule has 1 atom stereocenters. The monoisotopic (exact) mass is 281 g/mol. The van der Waals surface area contributed by atoms with Gasteiger partial charge in [-0.05, 0) is 12.5 Å². The van der Waals surface area contributed by atoms with Crippen LogP contribution in [0.5, 0.6) is 0 Å². The maximum atomic E-state index is 11.2. The largest absolute Gasteiger partial charge is 0.381 e. The van der Waals surface area contributed by atoms with E-state index in [1.54, 1.807) is 6.07 Å². The predicted molar refractivity (Wildman–Crippen MR) is 73.1 cm³/mol. The molecule has 0 amide bonds. The number of nitrogens with zero attached hydrogens (tertiary/aromatic N) is 3. The highest BCUT2D eigenvalue weighted by Crippen LogP contribution is 2.33. The van der Waals surface area contributed by atoms with Gasteiger partial charge in [-0.2, -0.15) is 0 Å². The van der Waals surface area contributed by atoms with Crippen LogP contribution < -0.4 is 4.90 Å². The minimum absolute atomic E-state index is 0.144. The summed E-state index contributed by atoms with van der Waals surface area (Å²) >= 11 is 5.25. The van der Waals surface area contributed by atoms with Crippen LogP contribution in [0, 0.1) is 20.7 Å². The van der Waals surface area contributed by atoms with Crippen molar-refractivity contribution in [1.82, 2.24) is 4.57 Å². The lowest BCUT2D eigenvalue weighted by Crippen LogP contribution is -2.28. The second kappa shape index (κ2) is 4.90. The van der Waals surface area contributed by atoms with Crippen molar-refractivity contribution in [3.63, 3.8) is 0 Å². The third-order valence-electron chi connectivity index (χ3n) is 3.73. The van der Waals surface area contributed by atoms with Gasteiger partial charge in [-0.15, -0.1) is 0 Å². The normalized spacial score (nSPS) is 21.7. The molecule has 2 aliphatic rings. The molecule has 1 fully saturated rings. The maximum Gasteiger partial charge on any atom is 0.309 e. The van der Waals surface area contributed by atoms with Gasteiger partial charge in [-0.1, -0.05) is 12.2 Å². The molecular weight excluding hydrogens is 266 g/mol. The summed E-state index contributed by atoms with van der Waals surface area (Å²) in [4.78, 5) is 12.9. The van der Waals surface area contributed by atoms with Gasteiger partial charge >= 0.3 is 5.69 Å². The highest BCUT2D eigenvalue weighted by Gasteiger charge is 2.30. The summed E-state index contributed by atoms with van der Waals surface area (Å²) in [5.41, 5.74) is 0.144. The molecule has 3 rings (SSSR count). The number of rotatable bonds is 3. The molecule has 0 N–H and O–H groups in total. The number of hydrogen-bond donors (Lipinski definition) is 0. The standard InChI is InChI=1S/C12H15N3O3S/c16-15(17)10-1-2-11(19)14-5-4-13(12(10)14)7-9-3-6-18-8-9/h1-2,9H,3-8H2. The highest BCUT2D eigenvalue weighted by molar-refractivity contribution is 7.71. The molecule has 19 heavy (non-hydrogen) atoms. The van der Waals surface area contributed by atoms with Gasteiger partial charge in [0.05, 0.1) is 11.5 Å². The quantitative estimate of drug-likeness (QED) is 0.481. The van der Waals surface area contributed by atoms with Gasteiger partial charge in [0.2, 0.25) is 0 Å². The van der Waals surface area contributed by atoms with Crippen molar-refractivity contribution in [2.45, 2.75) is 13.0 Å². The molecule has 6 nitrogen and oxygen atoms in total. The zero-order valence-corrected chi connectivity index (χ0v) is 11.3. The summed E-state index contributed by atoms with van der Waals surface area (Å²) in [5, 5.41) is 11.2. The van der Waals surface area contributed by atoms with E-state index in [4.69, 9.17) is 17.0 Å². The molecule has 1 saturated heterocycles. The van der Waals surface area contributed by atoms with Gasteiger partial charge in [0.1, 0.15) is 4.64 Å². The molecule has 3 heterocycles. The fourth-order valence-electron chi connectivity index (χ4n) is 2.79. The van der Waals surface area contributed by atoms with E-state index in [1.165, 1.54) is 6.07 Å². The Morgan fingerprint density at radius 3 is 3.00 bits per heavy atom. The van der Waals surface area contributed by atoms with Crippen molar-refractivity contribution in [3.05, 3.63) is 26.9 Å². The lowest BCUT2D eigenvalue weighted by molar-refractivity contribution is -0.384. The van der Waals surface area contributed by atoms with Crippen molar-refractivity contribution in [2.75, 3.05) is 31.2 Å². The van der Waals surface area contributed by atoms with E-state index in [-0.39, 0.29) is 10.6 Å². The zero-order valence-electron chi connectivity index (χ0n) is 10.4. The number of fused-ring (bicyclic) bond motifs is 1. The number of nitro groups is 1. The average Bonchev–Trinajstić information content (AvgIpc) is 3.01. The van der Waals surface area contributed by atoms with Gasteiger partial charge < -0.3 is 14.2 Å². The molecule has 0 spiro atoms. The summed E-state index contributed by atoms with van der Waals surface area (Å²) in [6, 6.07) is 3.15. The molecule has 2 aliphatic heterocycles. The second-order valence-corrected chi connectivity index (χ2v) is 5.38. The fraction of sp³-hybridized carbons (Fsp3) is 0.583. The van der Waals surface area contributed by atoms with E-state index in [9.17, 15) is 10.1 Å². The summed E-state index contributed by atoms with van der Waals surface area (Å²) in [6.45, 7) is 3.85. The van der Waals surface area contributed by atoms with Gasteiger partial charge in [-0.25, -0.2) is 0 Å². The van der Waals surface area contributed by atoms with Gasteiger partial charge in [0, 0.05) is 38.2 Å². The number of ether oxygens (including phenoxy) is 1. The average molecular weight is 281 g/mol. The number of hydrogen-bond acceptors (Lipinski definition) is 5. The molecule has 1 aromatic rings. The summed E-state index contributed by atoms with van der Waals surface area (Å²) in [7, 11) is 0. The molecule has 7 heteroatoms. The molecule has 0 aromatic carbocycles. The molecule has 1 aromatic heterocycles. The van der Waals surface area contributed by atoms with E-state index in [0.717, 1.165) is 39.3 Å². The van der Waals surface area contributed by atoms with Crippen LogP contribution in [0.1, 0.15) is 6.42 Å². The van der Waals surface area contributed by atoms with E-state index >= 15 is 0 Å². The van der Waals surface area contributed by atoms with Crippen LogP contribution in [-0.2, 0) is 11.3 Å². The van der Waals surface area contributed by atoms with Crippen LogP contribution in [0.3, 0.4) is 0 Å². The topological polar surface area (TPSA) is 60.5 Å². The first-order valence-corrected chi connectivity index (χ1v) is 6.78. The van der Waals surface area contributed by atoms with Crippen LogP contribution in [-0.4, -0.2) is 35.8 Å². The Labute approximate surface area is 115 Å². The third kappa shape index (κ3) is 2.23. The number of aromatic nitrogens is 1. The Hall–Kier alpha value is -1.47. The van der Waals surface area contributed by atoms with Crippen LogP contribution in [0.2, 0.25) is 0 Å². The third-order valence-corrected chi connectivity index (χ3v) is 4.08. The van der Waals surface area contributed by atoms with E-state index < -0.39 is 0 Å². The van der Waals surface area contributed by atoms with Crippen molar-refractivity contribution in [2.24, 2.45) is 5.92 Å². The van der Waals surface area contributed by atoms with Crippen molar-refractivity contribution in [3.8, 4) is 0 Å². The summed E-state index contributed by atoms with van der Waals surface area (Å²) in [6.07, 6.45) is 1.03. The van der Waals surface area contributed by atoms with E-state index in [2.05, 4.69) is 4.90 Å². The van der Waals surface area contributed by atoms with Crippen LogP contribution in [0.15, 0.2) is 12.1 Å². The SMILES string of the molecule is O=[N+]([O-])c1ccc(=S)n2c1N(CC1CCOC1)CC2. The van der Waals surface area contributed by atoms with Crippen molar-refractivity contribution < 1.29 is 9.66 Å². The zero-order chi connectivity index (χ0) is 13.4. The van der Waals surface area contributed by atoms with Crippen molar-refractivity contribution in [1.29, 1.82) is 0 Å². The van der Waals surface area contributed by atoms with Crippen molar-refractivity contribution >= 4 is 23.7 Å². The lowest BCUT2D eigenvalue weighted by atomic mass is 10.1. The van der Waals surface area contributed by atoms with Gasteiger partial charge in [0.15, 0.2) is 5.82 Å². The minimum Gasteiger partial charge on any atom is -0.381 e. The number of anilines is 1. The van der Waals surface area contributed by atoms with Gasteiger partial charge in [-0.3, -0.25) is 10.1 Å². The summed E-state index contributed by atoms with van der Waals surface area (Å²) < 4.78 is 7.89. The minimum atomic E-state index is -0.329. The predicted octanol–water partition coefficient (Wildman–Crippen LogP) is 1.98. The lowest BCUT2D eigenvalue weighted by Gasteiger charge is -2.21. The second-order valence-electron chi connectivity index (χ2n) is 4.96. The smallest absolute Gasteiger partial charge is 0.309 e. The van der Waals surface area contributed by atoms with E-state index in [0.29, 0.717) is 16.4 Å². The molecule has 1 unspecified atom stereocenters. The maximum absolute atomic E-state index is 11.2. The summed E-state index contributed by atoms with van der Waals surface area (Å²) in [5.74, 6) is 1.12. The molecular formula is C12H15N3O3S. The molecule has 0 bridgehead atoms. The first kappa shape index (κ1) is 12.6. The first-order valence-electron chi connectivity index (χ1n) is 6.38. The first-order chi connectivity index (χ1) is 9.16. The Morgan fingerprint density at radius 2 is 2.32 bits per heavy atom. The molecule has 0 aliphatic carbocycles. The Balaban J connectivity index is 1.95. The van der Waals surface area contributed by atoms with Crippen LogP contribution >= 0.6 is 12.2 Å².